The van der Waals surface area contributed by atoms with Gasteiger partial charge in [-0.3, -0.25) is 4.79 Å². The van der Waals surface area contributed by atoms with E-state index in [0.29, 0.717) is 22.7 Å². The zero-order valence-corrected chi connectivity index (χ0v) is 11.4. The van der Waals surface area contributed by atoms with Gasteiger partial charge < -0.3 is 5.32 Å². The molecule has 2 saturated carbocycles. The molecule has 0 spiro atoms. The molecule has 1 heterocycles. The van der Waals surface area contributed by atoms with Crippen LogP contribution in [0.15, 0.2) is 11.0 Å². The number of fused-ring (bicyclic) bond motifs is 2. The lowest BCUT2D eigenvalue weighted by molar-refractivity contribution is 0.439. The highest BCUT2D eigenvalue weighted by Gasteiger charge is 2.39. The maximum atomic E-state index is 12.2. The van der Waals surface area contributed by atoms with E-state index >= 15 is 0 Å². The summed E-state index contributed by atoms with van der Waals surface area (Å²) in [7, 11) is 0. The van der Waals surface area contributed by atoms with Crippen molar-refractivity contribution < 1.29 is 0 Å². The maximum absolute atomic E-state index is 12.2. The minimum atomic E-state index is -0.228. The SMILES string of the molecule is C#CCn1ncc(Cl)c(NC2CC3CCC2C3)c1=O. The van der Waals surface area contributed by atoms with E-state index in [4.69, 9.17) is 18.0 Å². The highest BCUT2D eigenvalue weighted by molar-refractivity contribution is 6.33. The van der Waals surface area contributed by atoms with E-state index < -0.39 is 0 Å². The van der Waals surface area contributed by atoms with Crippen LogP contribution in [0.4, 0.5) is 5.69 Å². The van der Waals surface area contributed by atoms with Gasteiger partial charge in [-0.05, 0) is 31.1 Å². The van der Waals surface area contributed by atoms with Crippen LogP contribution in [0, 0.1) is 24.2 Å². The van der Waals surface area contributed by atoms with E-state index in [9.17, 15) is 4.79 Å². The van der Waals surface area contributed by atoms with Crippen LogP contribution in [0.3, 0.4) is 0 Å². The molecular formula is C14H16ClN3O. The van der Waals surface area contributed by atoms with Gasteiger partial charge >= 0.3 is 0 Å². The van der Waals surface area contributed by atoms with E-state index in [2.05, 4.69) is 16.3 Å². The van der Waals surface area contributed by atoms with Crippen molar-refractivity contribution in [3.8, 4) is 12.3 Å². The van der Waals surface area contributed by atoms with E-state index in [1.165, 1.54) is 30.1 Å². The van der Waals surface area contributed by atoms with Gasteiger partial charge in [-0.1, -0.05) is 23.9 Å². The molecule has 3 rings (SSSR count). The van der Waals surface area contributed by atoms with E-state index in [1.807, 2.05) is 0 Å². The first-order valence-corrected chi connectivity index (χ1v) is 7.02. The summed E-state index contributed by atoms with van der Waals surface area (Å²) < 4.78 is 1.27. The molecule has 0 radical (unpaired) electrons. The summed E-state index contributed by atoms with van der Waals surface area (Å²) in [4.78, 5) is 12.2. The number of terminal acetylenes is 1. The quantitative estimate of drug-likeness (QED) is 0.861. The molecule has 2 aliphatic carbocycles. The number of hydrogen-bond donors (Lipinski definition) is 1. The molecule has 1 aromatic heterocycles. The van der Waals surface area contributed by atoms with Crippen LogP contribution < -0.4 is 10.9 Å². The molecule has 4 nitrogen and oxygen atoms in total. The highest BCUT2D eigenvalue weighted by Crippen LogP contribution is 2.45. The fourth-order valence-electron chi connectivity index (χ4n) is 3.41. The first-order chi connectivity index (χ1) is 9.19. The van der Waals surface area contributed by atoms with Crippen LogP contribution in [0.25, 0.3) is 0 Å². The number of anilines is 1. The second kappa shape index (κ2) is 4.90. The van der Waals surface area contributed by atoms with E-state index in [1.54, 1.807) is 0 Å². The number of nitrogens with zero attached hydrogens (tertiary/aromatic N) is 2. The van der Waals surface area contributed by atoms with Crippen LogP contribution in [0.5, 0.6) is 0 Å². The smallest absolute Gasteiger partial charge is 0.292 e. The van der Waals surface area contributed by atoms with Crippen molar-refractivity contribution in [2.75, 3.05) is 5.32 Å². The van der Waals surface area contributed by atoms with Crippen molar-refractivity contribution >= 4 is 17.3 Å². The minimum Gasteiger partial charge on any atom is -0.376 e. The normalized spacial score (nSPS) is 28.3. The van der Waals surface area contributed by atoms with Crippen LogP contribution in [0.1, 0.15) is 25.7 Å². The predicted molar refractivity (Wildman–Crippen MR) is 75.2 cm³/mol. The summed E-state index contributed by atoms with van der Waals surface area (Å²) in [6.45, 7) is 0.168. The molecule has 3 unspecified atom stereocenters. The van der Waals surface area contributed by atoms with Crippen LogP contribution in [0.2, 0.25) is 5.02 Å². The number of aromatic nitrogens is 2. The summed E-state index contributed by atoms with van der Waals surface area (Å²) in [5, 5.41) is 7.65. The molecule has 2 fully saturated rings. The van der Waals surface area contributed by atoms with Gasteiger partial charge in [0.25, 0.3) is 5.56 Å². The number of halogens is 1. The molecule has 1 N–H and O–H groups in total. The lowest BCUT2D eigenvalue weighted by atomic mass is 9.95. The van der Waals surface area contributed by atoms with Crippen molar-refractivity contribution in [3.63, 3.8) is 0 Å². The van der Waals surface area contributed by atoms with Gasteiger partial charge in [0.05, 0.1) is 11.2 Å². The third kappa shape index (κ3) is 2.23. The Labute approximate surface area is 117 Å². The van der Waals surface area contributed by atoms with Crippen molar-refractivity contribution in [1.29, 1.82) is 0 Å². The second-order valence-electron chi connectivity index (χ2n) is 5.46. The molecule has 0 aliphatic heterocycles. The third-order valence-corrected chi connectivity index (χ3v) is 4.59. The average Bonchev–Trinajstić information content (AvgIpc) is 3.00. The van der Waals surface area contributed by atoms with Gasteiger partial charge in [-0.25, -0.2) is 4.68 Å². The topological polar surface area (TPSA) is 46.9 Å². The standard InChI is InChI=1S/C14H16ClN3O/c1-2-5-18-14(19)13(11(15)8-16-18)17-12-7-9-3-4-10(12)6-9/h1,8-10,12,17H,3-7H2. The Morgan fingerprint density at radius 2 is 2.37 bits per heavy atom. The Kier molecular flexibility index (Phi) is 3.24. The van der Waals surface area contributed by atoms with Crippen molar-refractivity contribution in [2.45, 2.75) is 38.3 Å². The Hall–Kier alpha value is -1.47. The summed E-state index contributed by atoms with van der Waals surface area (Å²) in [5.41, 5.74) is 0.220. The molecule has 19 heavy (non-hydrogen) atoms. The summed E-state index contributed by atoms with van der Waals surface area (Å²) in [6.07, 6.45) is 11.7. The number of nitrogens with one attached hydrogen (secondary N) is 1. The fourth-order valence-corrected chi connectivity index (χ4v) is 3.58. The lowest BCUT2D eigenvalue weighted by Crippen LogP contribution is -2.32. The Bertz CT molecular complexity index is 589. The molecule has 2 bridgehead atoms. The van der Waals surface area contributed by atoms with Gasteiger partial charge in [0, 0.05) is 6.04 Å². The van der Waals surface area contributed by atoms with Gasteiger partial charge in [0.2, 0.25) is 0 Å². The first kappa shape index (κ1) is 12.6. The zero-order chi connectivity index (χ0) is 13.4. The van der Waals surface area contributed by atoms with Crippen LogP contribution in [-0.4, -0.2) is 15.8 Å². The third-order valence-electron chi connectivity index (χ3n) is 4.31. The Morgan fingerprint density at radius 1 is 1.53 bits per heavy atom. The predicted octanol–water partition coefficient (Wildman–Crippen LogP) is 2.13. The van der Waals surface area contributed by atoms with Crippen LogP contribution >= 0.6 is 11.6 Å². The lowest BCUT2D eigenvalue weighted by Gasteiger charge is -2.24. The monoisotopic (exact) mass is 277 g/mol. The number of rotatable bonds is 3. The van der Waals surface area contributed by atoms with Crippen molar-refractivity contribution in [3.05, 3.63) is 21.6 Å². The summed E-state index contributed by atoms with van der Waals surface area (Å²) in [5.74, 6) is 3.91. The highest BCUT2D eigenvalue weighted by atomic mass is 35.5. The Morgan fingerprint density at radius 3 is 3.00 bits per heavy atom. The maximum Gasteiger partial charge on any atom is 0.292 e. The Balaban J connectivity index is 1.86. The van der Waals surface area contributed by atoms with E-state index in [0.717, 1.165) is 12.3 Å². The zero-order valence-electron chi connectivity index (χ0n) is 10.6. The van der Waals surface area contributed by atoms with Gasteiger partial charge in [0.1, 0.15) is 12.2 Å². The molecule has 0 aromatic carbocycles. The van der Waals surface area contributed by atoms with Crippen molar-refractivity contribution in [2.24, 2.45) is 11.8 Å². The summed E-state index contributed by atoms with van der Waals surface area (Å²) >= 11 is 6.09. The molecule has 1 aromatic rings. The number of hydrogen-bond acceptors (Lipinski definition) is 3. The fraction of sp³-hybridized carbons (Fsp3) is 0.571. The molecule has 2 aliphatic rings. The average molecular weight is 278 g/mol. The van der Waals surface area contributed by atoms with Crippen molar-refractivity contribution in [1.82, 2.24) is 9.78 Å². The molecular weight excluding hydrogens is 262 g/mol. The molecule has 0 amide bonds. The molecule has 100 valence electrons. The summed E-state index contributed by atoms with van der Waals surface area (Å²) in [6, 6.07) is 0.366. The van der Waals surface area contributed by atoms with Gasteiger partial charge in [-0.15, -0.1) is 6.42 Å². The first-order valence-electron chi connectivity index (χ1n) is 6.64. The second-order valence-corrected chi connectivity index (χ2v) is 5.87. The molecule has 0 saturated heterocycles. The molecule has 5 heteroatoms. The van der Waals surface area contributed by atoms with Crippen LogP contribution in [-0.2, 0) is 6.54 Å². The molecule has 3 atom stereocenters. The minimum absolute atomic E-state index is 0.168. The van der Waals surface area contributed by atoms with Gasteiger partial charge in [-0.2, -0.15) is 5.10 Å². The largest absolute Gasteiger partial charge is 0.376 e. The van der Waals surface area contributed by atoms with Gasteiger partial charge in [0.15, 0.2) is 0 Å². The van der Waals surface area contributed by atoms with E-state index in [-0.39, 0.29) is 12.1 Å².